The summed E-state index contributed by atoms with van der Waals surface area (Å²) in [5.41, 5.74) is 1.82. The lowest BCUT2D eigenvalue weighted by Crippen LogP contribution is -2.32. The molecule has 0 amide bonds. The molecule has 0 saturated carbocycles. The molecule has 0 saturated heterocycles. The van der Waals surface area contributed by atoms with Crippen LogP contribution in [0.15, 0.2) is 30.3 Å². The van der Waals surface area contributed by atoms with Crippen molar-refractivity contribution >= 4 is 17.3 Å². The van der Waals surface area contributed by atoms with Crippen LogP contribution in [0.5, 0.6) is 5.75 Å². The summed E-state index contributed by atoms with van der Waals surface area (Å²) < 4.78 is 6.04. The van der Waals surface area contributed by atoms with Crippen molar-refractivity contribution in [2.75, 3.05) is 6.61 Å². The zero-order valence-electron chi connectivity index (χ0n) is 19.3. The Morgan fingerprint density at radius 2 is 1.73 bits per heavy atom. The number of carboxylic acids is 1. The lowest BCUT2D eigenvalue weighted by Gasteiger charge is -2.33. The zero-order chi connectivity index (χ0) is 22.7. The van der Waals surface area contributed by atoms with Crippen LogP contribution in [-0.4, -0.2) is 28.9 Å². The second-order valence-electron chi connectivity index (χ2n) is 9.36. The van der Waals surface area contributed by atoms with Gasteiger partial charge in [0.05, 0.1) is 6.10 Å². The lowest BCUT2D eigenvalue weighted by atomic mass is 9.73. The highest BCUT2D eigenvalue weighted by Gasteiger charge is 2.34. The molecule has 166 valence electrons. The van der Waals surface area contributed by atoms with Gasteiger partial charge in [-0.25, -0.2) is 4.79 Å². The minimum absolute atomic E-state index is 0.231. The van der Waals surface area contributed by atoms with Gasteiger partial charge in [-0.3, -0.25) is 0 Å². The number of aliphatic hydroxyl groups excluding tert-OH is 1. The maximum absolute atomic E-state index is 11.4. The Kier molecular flexibility index (Phi) is 7.75. The van der Waals surface area contributed by atoms with Crippen LogP contribution in [0.25, 0.3) is 0 Å². The molecule has 0 radical (unpaired) electrons. The Hall–Kier alpha value is -1.85. The second kappa shape index (κ2) is 9.52. The van der Waals surface area contributed by atoms with Gasteiger partial charge >= 0.3 is 5.97 Å². The van der Waals surface area contributed by atoms with Crippen LogP contribution in [0.2, 0.25) is 0 Å². The van der Waals surface area contributed by atoms with Gasteiger partial charge in [0.1, 0.15) is 17.2 Å². The number of hydrogen-bond donors (Lipinski definition) is 2. The van der Waals surface area contributed by atoms with Gasteiger partial charge in [0.25, 0.3) is 0 Å². The fraction of sp³-hybridized carbons (Fsp3) is 0.560. The SMILES string of the molecule is CCC(CC)(c1ccc(OCC(O)C(C)(C)C)c(C(C)C)c1)c1ccc(C(=O)O)s1. The van der Waals surface area contributed by atoms with Crippen molar-refractivity contribution in [3.63, 3.8) is 0 Å². The molecule has 1 heterocycles. The van der Waals surface area contributed by atoms with E-state index in [-0.39, 0.29) is 23.4 Å². The summed E-state index contributed by atoms with van der Waals surface area (Å²) in [6.45, 7) is 14.8. The molecule has 30 heavy (non-hydrogen) atoms. The number of thiophene rings is 1. The van der Waals surface area contributed by atoms with Crippen molar-refractivity contribution in [3.8, 4) is 5.75 Å². The average molecular weight is 433 g/mol. The number of benzene rings is 1. The number of aliphatic hydroxyl groups is 1. The highest BCUT2D eigenvalue weighted by molar-refractivity contribution is 7.14. The number of hydrogen-bond acceptors (Lipinski definition) is 4. The molecule has 4 nitrogen and oxygen atoms in total. The third-order valence-corrected chi connectivity index (χ3v) is 7.35. The average Bonchev–Trinajstić information content (AvgIpc) is 3.18. The summed E-state index contributed by atoms with van der Waals surface area (Å²) in [7, 11) is 0. The van der Waals surface area contributed by atoms with Crippen LogP contribution in [0.1, 0.15) is 92.9 Å². The Labute approximate surface area is 184 Å². The standard InChI is InChI=1S/C25H36O4S/c1-8-25(9-2,22-13-12-20(30-22)23(27)28)17-10-11-19(18(14-17)16(3)4)29-15-21(26)24(5,6)7/h10-14,16,21,26H,8-9,15H2,1-7H3,(H,27,28). The molecule has 0 bridgehead atoms. The first kappa shape index (κ1) is 24.4. The third kappa shape index (κ3) is 5.06. The molecule has 2 aromatic rings. The summed E-state index contributed by atoms with van der Waals surface area (Å²) >= 11 is 1.36. The minimum Gasteiger partial charge on any atom is -0.491 e. The van der Waals surface area contributed by atoms with Crippen LogP contribution < -0.4 is 4.74 Å². The maximum atomic E-state index is 11.4. The van der Waals surface area contributed by atoms with Crippen LogP contribution in [-0.2, 0) is 5.41 Å². The second-order valence-corrected chi connectivity index (χ2v) is 10.4. The zero-order valence-corrected chi connectivity index (χ0v) is 20.1. The Balaban J connectivity index is 2.46. The van der Waals surface area contributed by atoms with Crippen LogP contribution in [0.3, 0.4) is 0 Å². The smallest absolute Gasteiger partial charge is 0.345 e. The van der Waals surface area contributed by atoms with Crippen molar-refractivity contribution in [1.29, 1.82) is 0 Å². The molecule has 1 atom stereocenters. The van der Waals surface area contributed by atoms with Gasteiger partial charge < -0.3 is 14.9 Å². The minimum atomic E-state index is -0.878. The van der Waals surface area contributed by atoms with Crippen LogP contribution in [0.4, 0.5) is 0 Å². The van der Waals surface area contributed by atoms with E-state index < -0.39 is 12.1 Å². The van der Waals surface area contributed by atoms with E-state index in [1.54, 1.807) is 6.07 Å². The normalized spacial score (nSPS) is 13.5. The van der Waals surface area contributed by atoms with E-state index in [0.29, 0.717) is 4.88 Å². The molecular formula is C25H36O4S. The Morgan fingerprint density at radius 1 is 1.10 bits per heavy atom. The molecule has 1 aromatic heterocycles. The predicted octanol–water partition coefficient (Wildman–Crippen LogP) is 6.46. The van der Waals surface area contributed by atoms with Crippen molar-refractivity contribution < 1.29 is 19.7 Å². The van der Waals surface area contributed by atoms with E-state index in [2.05, 4.69) is 39.8 Å². The first-order valence-corrected chi connectivity index (χ1v) is 11.6. The van der Waals surface area contributed by atoms with E-state index >= 15 is 0 Å². The molecule has 0 aliphatic carbocycles. The summed E-state index contributed by atoms with van der Waals surface area (Å²) in [6, 6.07) is 9.97. The summed E-state index contributed by atoms with van der Waals surface area (Å²) in [6.07, 6.45) is 1.20. The summed E-state index contributed by atoms with van der Waals surface area (Å²) in [5.74, 6) is 0.183. The number of carboxylic acid groups (broad SMARTS) is 1. The third-order valence-electron chi connectivity index (χ3n) is 6.08. The van der Waals surface area contributed by atoms with Gasteiger partial charge in [-0.15, -0.1) is 11.3 Å². The lowest BCUT2D eigenvalue weighted by molar-refractivity contribution is 0.0215. The van der Waals surface area contributed by atoms with Gasteiger partial charge in [-0.2, -0.15) is 0 Å². The van der Waals surface area contributed by atoms with Gasteiger partial charge in [-0.05, 0) is 53.5 Å². The van der Waals surface area contributed by atoms with Crippen LogP contribution in [0, 0.1) is 5.41 Å². The van der Waals surface area contributed by atoms with Crippen molar-refractivity contribution in [1.82, 2.24) is 0 Å². The molecule has 0 spiro atoms. The number of carbonyl (C=O) groups is 1. The topological polar surface area (TPSA) is 66.8 Å². The van der Waals surface area contributed by atoms with Gasteiger partial charge in [-0.1, -0.05) is 60.6 Å². The maximum Gasteiger partial charge on any atom is 0.345 e. The number of rotatable bonds is 9. The van der Waals surface area contributed by atoms with E-state index in [4.69, 9.17) is 4.74 Å². The van der Waals surface area contributed by atoms with E-state index in [1.807, 2.05) is 32.9 Å². The fourth-order valence-electron chi connectivity index (χ4n) is 3.71. The van der Waals surface area contributed by atoms with Gasteiger partial charge in [0, 0.05) is 10.3 Å². The molecule has 0 fully saturated rings. The van der Waals surface area contributed by atoms with Crippen molar-refractivity contribution in [2.45, 2.75) is 78.7 Å². The number of ether oxygens (including phenoxy) is 1. The van der Waals surface area contributed by atoms with Gasteiger partial charge in [0.2, 0.25) is 0 Å². The van der Waals surface area contributed by atoms with E-state index in [0.717, 1.165) is 29.0 Å². The summed E-state index contributed by atoms with van der Waals surface area (Å²) in [4.78, 5) is 12.9. The molecule has 1 aromatic carbocycles. The van der Waals surface area contributed by atoms with Crippen LogP contribution >= 0.6 is 11.3 Å². The molecule has 2 rings (SSSR count). The van der Waals surface area contributed by atoms with Gasteiger partial charge in [0.15, 0.2) is 0 Å². The van der Waals surface area contributed by atoms with Crippen molar-refractivity contribution in [3.05, 3.63) is 51.2 Å². The van der Waals surface area contributed by atoms with E-state index in [1.165, 1.54) is 16.9 Å². The van der Waals surface area contributed by atoms with Crippen molar-refractivity contribution in [2.24, 2.45) is 5.41 Å². The Morgan fingerprint density at radius 3 is 2.20 bits per heavy atom. The molecule has 2 N–H and O–H groups in total. The summed E-state index contributed by atoms with van der Waals surface area (Å²) in [5, 5.41) is 19.7. The number of aromatic carboxylic acids is 1. The fourth-order valence-corrected chi connectivity index (χ4v) is 4.90. The predicted molar refractivity (Wildman–Crippen MR) is 124 cm³/mol. The first-order chi connectivity index (χ1) is 14.0. The highest BCUT2D eigenvalue weighted by atomic mass is 32.1. The van der Waals surface area contributed by atoms with E-state index in [9.17, 15) is 15.0 Å². The quantitative estimate of drug-likeness (QED) is 0.477. The molecule has 5 heteroatoms. The Bertz CT molecular complexity index is 856. The molecule has 0 aliphatic rings. The molecule has 0 aliphatic heterocycles. The monoisotopic (exact) mass is 432 g/mol. The first-order valence-electron chi connectivity index (χ1n) is 10.7. The largest absolute Gasteiger partial charge is 0.491 e. The highest BCUT2D eigenvalue weighted by Crippen LogP contribution is 2.44. The molecular weight excluding hydrogens is 396 g/mol. The molecule has 1 unspecified atom stereocenters.